The molecule has 1 heterocycles. The minimum absolute atomic E-state index is 0.122. The van der Waals surface area contributed by atoms with E-state index in [1.807, 2.05) is 66.7 Å². The molecule has 3 aromatic carbocycles. The van der Waals surface area contributed by atoms with E-state index in [-0.39, 0.29) is 30.2 Å². The van der Waals surface area contributed by atoms with Crippen molar-refractivity contribution in [1.82, 2.24) is 4.90 Å². The van der Waals surface area contributed by atoms with Crippen molar-refractivity contribution in [3.63, 3.8) is 0 Å². The van der Waals surface area contributed by atoms with Gasteiger partial charge in [0.25, 0.3) is 8.32 Å². The second-order valence-electron chi connectivity index (χ2n) is 10.4. The minimum atomic E-state index is -2.84. The van der Waals surface area contributed by atoms with Gasteiger partial charge in [0.05, 0.1) is 12.0 Å². The van der Waals surface area contributed by atoms with Gasteiger partial charge in [-0.1, -0.05) is 118 Å². The molecule has 0 saturated carbocycles. The van der Waals surface area contributed by atoms with Crippen LogP contribution in [0.3, 0.4) is 0 Å². The Kier molecular flexibility index (Phi) is 8.10. The zero-order valence-electron chi connectivity index (χ0n) is 21.8. The van der Waals surface area contributed by atoms with Crippen LogP contribution in [0.25, 0.3) is 0 Å². The third-order valence-electron chi connectivity index (χ3n) is 7.01. The van der Waals surface area contributed by atoms with Gasteiger partial charge in [-0.15, -0.1) is 6.58 Å². The summed E-state index contributed by atoms with van der Waals surface area (Å²) in [5.74, 6) is -1.03. The lowest BCUT2D eigenvalue weighted by Crippen LogP contribution is -2.67. The number of hydrogen-bond donors (Lipinski definition) is 0. The number of carbonyl (C=O) groups is 2. The molecule has 0 unspecified atom stereocenters. The first-order valence-electron chi connectivity index (χ1n) is 12.7. The maximum Gasteiger partial charge on any atom is 0.417 e. The van der Waals surface area contributed by atoms with Crippen LogP contribution in [0, 0.1) is 5.92 Å². The minimum Gasteiger partial charge on any atom is -0.447 e. The lowest BCUT2D eigenvalue weighted by Gasteiger charge is -2.43. The van der Waals surface area contributed by atoms with E-state index < -0.39 is 20.3 Å². The van der Waals surface area contributed by atoms with Crippen molar-refractivity contribution in [1.29, 1.82) is 0 Å². The topological polar surface area (TPSA) is 55.8 Å². The highest BCUT2D eigenvalue weighted by atomic mass is 28.4. The molecule has 1 aliphatic heterocycles. The number of carbonyl (C=O) groups excluding carboxylic acids is 2. The van der Waals surface area contributed by atoms with Crippen LogP contribution >= 0.6 is 0 Å². The van der Waals surface area contributed by atoms with Gasteiger partial charge in [-0.3, -0.25) is 4.79 Å². The Balaban J connectivity index is 1.63. The number of hydrogen-bond acceptors (Lipinski definition) is 4. The standard InChI is InChI=1S/C31H35NO4Si/c1-5-25(29(33)32-26(23-35-30(32)34)21-24-15-9-6-10-16-24)22-36-37(31(2,3)4,27-17-11-7-12-18-27)28-19-13-8-14-20-28/h5-20,25-26H,1,21-23H2,2-4H3/t25-,26+/m1/s1. The zero-order valence-corrected chi connectivity index (χ0v) is 22.8. The largest absolute Gasteiger partial charge is 0.447 e. The number of benzene rings is 3. The molecular weight excluding hydrogens is 478 g/mol. The van der Waals surface area contributed by atoms with Gasteiger partial charge in [-0.05, 0) is 27.4 Å². The Morgan fingerprint density at radius 3 is 2.00 bits per heavy atom. The number of rotatable bonds is 9. The Morgan fingerprint density at radius 1 is 1.00 bits per heavy atom. The van der Waals surface area contributed by atoms with E-state index in [0.717, 1.165) is 15.9 Å². The molecule has 0 radical (unpaired) electrons. The summed E-state index contributed by atoms with van der Waals surface area (Å²) in [5.41, 5.74) is 1.04. The van der Waals surface area contributed by atoms with Gasteiger partial charge >= 0.3 is 6.09 Å². The van der Waals surface area contributed by atoms with Crippen molar-refractivity contribution in [2.24, 2.45) is 5.92 Å². The molecule has 2 amide bonds. The van der Waals surface area contributed by atoms with Crippen LogP contribution in [0.5, 0.6) is 0 Å². The van der Waals surface area contributed by atoms with Gasteiger partial charge < -0.3 is 9.16 Å². The first-order valence-corrected chi connectivity index (χ1v) is 14.6. The summed E-state index contributed by atoms with van der Waals surface area (Å²) in [6.45, 7) is 10.8. The fourth-order valence-electron chi connectivity index (χ4n) is 5.16. The Labute approximate surface area is 220 Å². The van der Waals surface area contributed by atoms with E-state index >= 15 is 0 Å². The van der Waals surface area contributed by atoms with E-state index in [1.165, 1.54) is 4.90 Å². The van der Waals surface area contributed by atoms with E-state index in [4.69, 9.17) is 9.16 Å². The van der Waals surface area contributed by atoms with Crippen LogP contribution in [0.1, 0.15) is 26.3 Å². The molecule has 1 aliphatic rings. The maximum absolute atomic E-state index is 13.7. The lowest BCUT2D eigenvalue weighted by atomic mass is 10.0. The van der Waals surface area contributed by atoms with Gasteiger partial charge in [0, 0.05) is 6.61 Å². The number of nitrogens with zero attached hydrogens (tertiary/aromatic N) is 1. The molecule has 0 aromatic heterocycles. The number of imide groups is 1. The molecule has 4 rings (SSSR count). The monoisotopic (exact) mass is 513 g/mol. The van der Waals surface area contributed by atoms with Crippen molar-refractivity contribution in [3.05, 3.63) is 109 Å². The molecule has 3 aromatic rings. The Hall–Kier alpha value is -3.48. The van der Waals surface area contributed by atoms with E-state index in [9.17, 15) is 9.59 Å². The average Bonchev–Trinajstić information content (AvgIpc) is 3.27. The molecule has 1 saturated heterocycles. The molecule has 192 valence electrons. The normalized spacial score (nSPS) is 16.8. The Bertz CT molecular complexity index is 1170. The summed E-state index contributed by atoms with van der Waals surface area (Å²) in [4.78, 5) is 27.6. The molecule has 0 bridgehead atoms. The Morgan fingerprint density at radius 2 is 1.51 bits per heavy atom. The molecule has 6 heteroatoms. The summed E-state index contributed by atoms with van der Waals surface area (Å²) >= 11 is 0. The first-order chi connectivity index (χ1) is 17.8. The maximum atomic E-state index is 13.7. The van der Waals surface area contributed by atoms with Gasteiger partial charge in [0.1, 0.15) is 6.61 Å². The third kappa shape index (κ3) is 5.45. The predicted octanol–water partition coefficient (Wildman–Crippen LogP) is 4.96. The average molecular weight is 514 g/mol. The summed E-state index contributed by atoms with van der Waals surface area (Å²) in [6.07, 6.45) is 1.52. The van der Waals surface area contributed by atoms with E-state index in [1.54, 1.807) is 6.08 Å². The fraction of sp³-hybridized carbons (Fsp3) is 0.290. The highest BCUT2D eigenvalue weighted by Gasteiger charge is 2.51. The van der Waals surface area contributed by atoms with Crippen molar-refractivity contribution < 1.29 is 18.8 Å². The number of cyclic esters (lactones) is 1. The van der Waals surface area contributed by atoms with Gasteiger partial charge in [0.15, 0.2) is 0 Å². The van der Waals surface area contributed by atoms with Crippen LogP contribution in [0.15, 0.2) is 104 Å². The van der Waals surface area contributed by atoms with Gasteiger partial charge in [-0.2, -0.15) is 0 Å². The second-order valence-corrected chi connectivity index (χ2v) is 14.8. The lowest BCUT2D eigenvalue weighted by molar-refractivity contribution is -0.132. The highest BCUT2D eigenvalue weighted by Crippen LogP contribution is 2.37. The molecule has 37 heavy (non-hydrogen) atoms. The molecule has 5 nitrogen and oxygen atoms in total. The SMILES string of the molecule is C=C[C@H](CO[Si](c1ccccc1)(c1ccccc1)C(C)(C)C)C(=O)N1C(=O)OC[C@@H]1Cc1ccccc1. The predicted molar refractivity (Wildman–Crippen MR) is 149 cm³/mol. The number of amides is 2. The molecular formula is C31H35NO4Si. The molecule has 0 aliphatic carbocycles. The second kappa shape index (κ2) is 11.3. The van der Waals surface area contributed by atoms with Crippen molar-refractivity contribution >= 4 is 30.7 Å². The quantitative estimate of drug-likeness (QED) is 0.300. The summed E-state index contributed by atoms with van der Waals surface area (Å²) in [5, 5.41) is 2.03. The smallest absolute Gasteiger partial charge is 0.417 e. The molecule has 2 atom stereocenters. The molecule has 1 fully saturated rings. The summed E-state index contributed by atoms with van der Waals surface area (Å²) < 4.78 is 12.3. The number of ether oxygens (including phenoxy) is 1. The van der Waals surface area contributed by atoms with Crippen molar-refractivity contribution in [2.45, 2.75) is 38.3 Å². The third-order valence-corrected chi connectivity index (χ3v) is 12.0. The zero-order chi connectivity index (χ0) is 26.5. The van der Waals surface area contributed by atoms with E-state index in [0.29, 0.717) is 6.42 Å². The van der Waals surface area contributed by atoms with E-state index in [2.05, 4.69) is 51.6 Å². The van der Waals surface area contributed by atoms with Crippen LogP contribution in [-0.2, 0) is 20.4 Å². The van der Waals surface area contributed by atoms with Crippen molar-refractivity contribution in [3.8, 4) is 0 Å². The molecule has 0 spiro atoms. The summed E-state index contributed by atoms with van der Waals surface area (Å²) in [6, 6.07) is 30.0. The van der Waals surface area contributed by atoms with Crippen LogP contribution < -0.4 is 10.4 Å². The molecule has 0 N–H and O–H groups in total. The van der Waals surface area contributed by atoms with Crippen LogP contribution in [-0.4, -0.2) is 44.5 Å². The first kappa shape index (κ1) is 26.6. The van der Waals surface area contributed by atoms with Crippen molar-refractivity contribution in [2.75, 3.05) is 13.2 Å². The van der Waals surface area contributed by atoms with Crippen LogP contribution in [0.4, 0.5) is 4.79 Å². The van der Waals surface area contributed by atoms with Crippen LogP contribution in [0.2, 0.25) is 5.04 Å². The highest BCUT2D eigenvalue weighted by molar-refractivity contribution is 6.99. The van der Waals surface area contributed by atoms with Gasteiger partial charge in [-0.25, -0.2) is 9.69 Å². The van der Waals surface area contributed by atoms with Gasteiger partial charge in [0.2, 0.25) is 5.91 Å². The summed E-state index contributed by atoms with van der Waals surface area (Å²) in [7, 11) is -2.84. The fourth-order valence-corrected chi connectivity index (χ4v) is 9.75.